The Hall–Kier alpha value is -1.69. The third kappa shape index (κ3) is 3.20. The van der Waals surface area contributed by atoms with Gasteiger partial charge in [-0.05, 0) is 26.2 Å². The molecular weight excluding hydrogens is 246 g/mol. The molecule has 1 amide bonds. The summed E-state index contributed by atoms with van der Waals surface area (Å²) >= 11 is 0. The van der Waals surface area contributed by atoms with Gasteiger partial charge < -0.3 is 10.4 Å². The first-order valence-corrected chi connectivity index (χ1v) is 6.56. The molecule has 1 atom stereocenters. The molecule has 2 rings (SSSR count). The maximum Gasteiger partial charge on any atom is 0.227 e. The van der Waals surface area contributed by atoms with E-state index in [-0.39, 0.29) is 30.8 Å². The molecule has 6 nitrogen and oxygen atoms in total. The minimum atomic E-state index is -0.236. The molecule has 2 N–H and O–H groups in total. The fourth-order valence-electron chi connectivity index (χ4n) is 2.53. The van der Waals surface area contributed by atoms with Crippen molar-refractivity contribution in [1.82, 2.24) is 15.1 Å². The SMILES string of the molecule is CC(=O)CC(=O)NC1CCCc2c1cnn2CCO. The van der Waals surface area contributed by atoms with Crippen molar-refractivity contribution in [2.45, 2.75) is 45.2 Å². The predicted molar refractivity (Wildman–Crippen MR) is 68.4 cm³/mol. The number of carbonyl (C=O) groups excluding carboxylic acids is 2. The smallest absolute Gasteiger partial charge is 0.227 e. The van der Waals surface area contributed by atoms with Gasteiger partial charge in [-0.2, -0.15) is 5.10 Å². The highest BCUT2D eigenvalue weighted by Crippen LogP contribution is 2.29. The molecule has 104 valence electrons. The Kier molecular flexibility index (Phi) is 4.31. The number of aliphatic hydroxyl groups excluding tert-OH is 1. The van der Waals surface area contributed by atoms with Crippen molar-refractivity contribution < 1.29 is 14.7 Å². The van der Waals surface area contributed by atoms with Crippen LogP contribution in [0.1, 0.15) is 43.5 Å². The molecule has 1 aliphatic carbocycles. The summed E-state index contributed by atoms with van der Waals surface area (Å²) in [4.78, 5) is 22.6. The van der Waals surface area contributed by atoms with Crippen molar-refractivity contribution in [1.29, 1.82) is 0 Å². The van der Waals surface area contributed by atoms with Crippen molar-refractivity contribution in [2.24, 2.45) is 0 Å². The van der Waals surface area contributed by atoms with Crippen LogP contribution in [0.5, 0.6) is 0 Å². The first-order valence-electron chi connectivity index (χ1n) is 6.56. The summed E-state index contributed by atoms with van der Waals surface area (Å²) < 4.78 is 1.79. The summed E-state index contributed by atoms with van der Waals surface area (Å²) in [5.74, 6) is -0.371. The van der Waals surface area contributed by atoms with E-state index in [9.17, 15) is 9.59 Å². The molecule has 19 heavy (non-hydrogen) atoms. The molecule has 1 heterocycles. The van der Waals surface area contributed by atoms with Gasteiger partial charge in [0.1, 0.15) is 5.78 Å². The summed E-state index contributed by atoms with van der Waals surface area (Å²) in [6, 6.07) is -0.0666. The van der Waals surface area contributed by atoms with E-state index in [2.05, 4.69) is 10.4 Å². The van der Waals surface area contributed by atoms with Crippen molar-refractivity contribution in [2.75, 3.05) is 6.61 Å². The van der Waals surface area contributed by atoms with Crippen LogP contribution in [0.4, 0.5) is 0 Å². The number of nitrogens with one attached hydrogen (secondary N) is 1. The molecule has 1 unspecified atom stereocenters. The van der Waals surface area contributed by atoms with Gasteiger partial charge in [0.15, 0.2) is 0 Å². The molecule has 0 saturated heterocycles. The Morgan fingerprint density at radius 2 is 2.37 bits per heavy atom. The summed E-state index contributed by atoms with van der Waals surface area (Å²) in [5, 5.41) is 16.1. The fourth-order valence-corrected chi connectivity index (χ4v) is 2.53. The number of rotatable bonds is 5. The fraction of sp³-hybridized carbons (Fsp3) is 0.615. The number of hydrogen-bond donors (Lipinski definition) is 2. The predicted octanol–water partition coefficient (Wildman–Crippen LogP) is 0.348. The normalized spacial score (nSPS) is 17.9. The van der Waals surface area contributed by atoms with Crippen LogP contribution < -0.4 is 5.32 Å². The quantitative estimate of drug-likeness (QED) is 0.752. The molecule has 0 bridgehead atoms. The van der Waals surface area contributed by atoms with Crippen LogP contribution in [0.25, 0.3) is 0 Å². The van der Waals surface area contributed by atoms with E-state index >= 15 is 0 Å². The molecule has 0 fully saturated rings. The first kappa shape index (κ1) is 13.7. The summed E-state index contributed by atoms with van der Waals surface area (Å²) in [5.41, 5.74) is 2.09. The Labute approximate surface area is 111 Å². The maximum absolute atomic E-state index is 11.7. The van der Waals surface area contributed by atoms with Crippen molar-refractivity contribution in [3.8, 4) is 0 Å². The van der Waals surface area contributed by atoms with E-state index in [1.807, 2.05) is 0 Å². The number of nitrogens with zero attached hydrogens (tertiary/aromatic N) is 2. The standard InChI is InChI=1S/C13H19N3O3/c1-9(18)7-13(19)15-11-3-2-4-12-10(11)8-14-16(12)5-6-17/h8,11,17H,2-7H2,1H3,(H,15,19). The van der Waals surface area contributed by atoms with Crippen molar-refractivity contribution in [3.63, 3.8) is 0 Å². The number of hydrogen-bond acceptors (Lipinski definition) is 4. The van der Waals surface area contributed by atoms with Crippen LogP contribution in [0.15, 0.2) is 6.20 Å². The first-order chi connectivity index (χ1) is 9.11. The van der Waals surface area contributed by atoms with E-state index < -0.39 is 0 Å². The van der Waals surface area contributed by atoms with Gasteiger partial charge in [-0.25, -0.2) is 0 Å². The van der Waals surface area contributed by atoms with E-state index in [1.165, 1.54) is 6.92 Å². The zero-order valence-corrected chi connectivity index (χ0v) is 11.1. The second-order valence-corrected chi connectivity index (χ2v) is 4.88. The molecule has 0 aromatic carbocycles. The van der Waals surface area contributed by atoms with Crippen LogP contribution in [-0.4, -0.2) is 33.2 Å². The molecule has 0 aliphatic heterocycles. The highest BCUT2D eigenvalue weighted by atomic mass is 16.3. The van der Waals surface area contributed by atoms with Gasteiger partial charge in [0.05, 0.1) is 31.8 Å². The van der Waals surface area contributed by atoms with Crippen LogP contribution in [0.2, 0.25) is 0 Å². The number of aromatic nitrogens is 2. The third-order valence-corrected chi connectivity index (χ3v) is 3.32. The summed E-state index contributed by atoms with van der Waals surface area (Å²) in [6.45, 7) is 1.93. The van der Waals surface area contributed by atoms with Gasteiger partial charge in [-0.1, -0.05) is 0 Å². The number of ketones is 1. The highest BCUT2D eigenvalue weighted by molar-refractivity contribution is 5.96. The molecule has 1 aromatic heterocycles. The van der Waals surface area contributed by atoms with Gasteiger partial charge in [0.2, 0.25) is 5.91 Å². The number of carbonyl (C=O) groups is 2. The third-order valence-electron chi connectivity index (χ3n) is 3.32. The van der Waals surface area contributed by atoms with Crippen LogP contribution in [0.3, 0.4) is 0 Å². The minimum absolute atomic E-state index is 0.0511. The highest BCUT2D eigenvalue weighted by Gasteiger charge is 2.25. The lowest BCUT2D eigenvalue weighted by Crippen LogP contribution is -2.32. The lowest BCUT2D eigenvalue weighted by molar-refractivity contribution is -0.127. The molecule has 0 saturated carbocycles. The minimum Gasteiger partial charge on any atom is -0.394 e. The topological polar surface area (TPSA) is 84.2 Å². The largest absolute Gasteiger partial charge is 0.394 e. The second kappa shape index (κ2) is 5.97. The molecule has 0 spiro atoms. The average molecular weight is 265 g/mol. The molecular formula is C13H19N3O3. The Bertz CT molecular complexity index is 481. The lowest BCUT2D eigenvalue weighted by atomic mass is 9.93. The van der Waals surface area contributed by atoms with E-state index in [1.54, 1.807) is 10.9 Å². The van der Waals surface area contributed by atoms with Crippen LogP contribution >= 0.6 is 0 Å². The van der Waals surface area contributed by atoms with E-state index in [4.69, 9.17) is 5.11 Å². The number of Topliss-reactive ketones (excluding diaryl/α,β-unsaturated/α-hetero) is 1. The zero-order valence-electron chi connectivity index (χ0n) is 11.1. The van der Waals surface area contributed by atoms with E-state index in [0.29, 0.717) is 6.54 Å². The monoisotopic (exact) mass is 265 g/mol. The van der Waals surface area contributed by atoms with Crippen molar-refractivity contribution >= 4 is 11.7 Å². The molecule has 6 heteroatoms. The number of amides is 1. The van der Waals surface area contributed by atoms with Gasteiger partial charge in [-0.3, -0.25) is 14.3 Å². The summed E-state index contributed by atoms with van der Waals surface area (Å²) in [7, 11) is 0. The maximum atomic E-state index is 11.7. The Balaban J connectivity index is 2.09. The van der Waals surface area contributed by atoms with Gasteiger partial charge in [-0.15, -0.1) is 0 Å². The number of aliphatic hydroxyl groups is 1. The van der Waals surface area contributed by atoms with Crippen LogP contribution in [0, 0.1) is 0 Å². The van der Waals surface area contributed by atoms with Crippen LogP contribution in [-0.2, 0) is 22.6 Å². The molecule has 1 aromatic rings. The second-order valence-electron chi connectivity index (χ2n) is 4.88. The van der Waals surface area contributed by atoms with Crippen molar-refractivity contribution in [3.05, 3.63) is 17.5 Å². The average Bonchev–Trinajstić information content (AvgIpc) is 2.73. The Morgan fingerprint density at radius 3 is 3.05 bits per heavy atom. The zero-order chi connectivity index (χ0) is 13.8. The molecule has 0 radical (unpaired) electrons. The van der Waals surface area contributed by atoms with Gasteiger partial charge >= 0.3 is 0 Å². The Morgan fingerprint density at radius 1 is 1.58 bits per heavy atom. The molecule has 1 aliphatic rings. The summed E-state index contributed by atoms with van der Waals surface area (Å²) in [6.07, 6.45) is 4.42. The number of fused-ring (bicyclic) bond motifs is 1. The van der Waals surface area contributed by atoms with Gasteiger partial charge in [0, 0.05) is 11.3 Å². The van der Waals surface area contributed by atoms with E-state index in [0.717, 1.165) is 30.5 Å². The lowest BCUT2D eigenvalue weighted by Gasteiger charge is -2.24. The van der Waals surface area contributed by atoms with Gasteiger partial charge in [0.25, 0.3) is 0 Å².